The zero-order valence-corrected chi connectivity index (χ0v) is 15.2. The Hall–Kier alpha value is -1.30. The lowest BCUT2D eigenvalue weighted by molar-refractivity contribution is -0.151. The van der Waals surface area contributed by atoms with Crippen molar-refractivity contribution >= 4 is 12.1 Å². The largest absolute Gasteiger partial charge is 0.464 e. The van der Waals surface area contributed by atoms with Crippen molar-refractivity contribution in [2.24, 2.45) is 11.8 Å². The zero-order valence-electron chi connectivity index (χ0n) is 15.2. The summed E-state index contributed by atoms with van der Waals surface area (Å²) in [5.74, 6) is -0.559. The van der Waals surface area contributed by atoms with E-state index in [1.807, 2.05) is 20.8 Å². The molecule has 0 aromatic rings. The van der Waals surface area contributed by atoms with E-state index in [2.05, 4.69) is 0 Å². The molecule has 0 aromatic heterocycles. The molecule has 23 heavy (non-hydrogen) atoms. The van der Waals surface area contributed by atoms with Gasteiger partial charge in [0.1, 0.15) is 11.6 Å². The van der Waals surface area contributed by atoms with Crippen LogP contribution >= 0.6 is 0 Å². The molecule has 0 aliphatic carbocycles. The van der Waals surface area contributed by atoms with E-state index in [4.69, 9.17) is 9.47 Å². The minimum atomic E-state index is -0.779. The molecular formula is C17H31NO5. The molecule has 134 valence electrons. The lowest BCUT2D eigenvalue weighted by atomic mass is 9.93. The fraction of sp³-hybridized carbons (Fsp3) is 0.882. The molecule has 0 aromatic carbocycles. The van der Waals surface area contributed by atoms with Gasteiger partial charge in [-0.1, -0.05) is 27.2 Å². The van der Waals surface area contributed by atoms with Gasteiger partial charge in [0.2, 0.25) is 0 Å². The Labute approximate surface area is 139 Å². The molecule has 0 saturated carbocycles. The number of likely N-dealkylation sites (tertiary alicyclic amines) is 1. The van der Waals surface area contributed by atoms with Crippen LogP contribution in [0.25, 0.3) is 0 Å². The number of amides is 1. The van der Waals surface area contributed by atoms with Crippen LogP contribution in [-0.4, -0.2) is 53.0 Å². The molecule has 1 N–H and O–H groups in total. The fourth-order valence-corrected chi connectivity index (χ4v) is 2.72. The quantitative estimate of drug-likeness (QED) is 0.785. The van der Waals surface area contributed by atoms with Crippen LogP contribution in [0.5, 0.6) is 0 Å². The van der Waals surface area contributed by atoms with Gasteiger partial charge < -0.3 is 14.6 Å². The summed E-state index contributed by atoms with van der Waals surface area (Å²) in [6.07, 6.45) is 0.153. The molecule has 6 heteroatoms. The van der Waals surface area contributed by atoms with E-state index in [1.165, 1.54) is 4.90 Å². The summed E-state index contributed by atoms with van der Waals surface area (Å²) in [6, 6.07) is -0.779. The maximum Gasteiger partial charge on any atom is 0.411 e. The number of hydrogen-bond acceptors (Lipinski definition) is 5. The molecule has 1 heterocycles. The number of ether oxygens (including phenoxy) is 2. The number of esters is 1. The Kier molecular flexibility index (Phi) is 6.86. The SMILES string of the molecule is CCC[C@H]1[C@@H](C(=O)OCC(C)C)N(C(=O)OC(C)(C)C)C[C@@H]1O. The summed E-state index contributed by atoms with van der Waals surface area (Å²) >= 11 is 0. The lowest BCUT2D eigenvalue weighted by Crippen LogP contribution is -2.46. The molecular weight excluding hydrogens is 298 g/mol. The number of rotatable bonds is 5. The summed E-state index contributed by atoms with van der Waals surface area (Å²) in [6.45, 7) is 11.6. The normalized spacial score (nSPS) is 24.9. The van der Waals surface area contributed by atoms with Gasteiger partial charge in [0.05, 0.1) is 19.3 Å². The van der Waals surface area contributed by atoms with E-state index in [-0.39, 0.29) is 18.4 Å². The van der Waals surface area contributed by atoms with Crippen LogP contribution in [0.3, 0.4) is 0 Å². The maximum atomic E-state index is 12.5. The highest BCUT2D eigenvalue weighted by Crippen LogP contribution is 2.31. The van der Waals surface area contributed by atoms with Crippen LogP contribution in [0.1, 0.15) is 54.4 Å². The Morgan fingerprint density at radius 3 is 2.39 bits per heavy atom. The van der Waals surface area contributed by atoms with E-state index >= 15 is 0 Å². The third-order valence-corrected chi connectivity index (χ3v) is 3.67. The van der Waals surface area contributed by atoms with Gasteiger partial charge in [-0.3, -0.25) is 4.90 Å². The summed E-state index contributed by atoms with van der Waals surface area (Å²) < 4.78 is 10.7. The van der Waals surface area contributed by atoms with Crippen LogP contribution in [0.15, 0.2) is 0 Å². The van der Waals surface area contributed by atoms with Gasteiger partial charge in [-0.15, -0.1) is 0 Å². The second-order valence-corrected chi connectivity index (χ2v) is 7.62. The number of aliphatic hydroxyl groups excluding tert-OH is 1. The number of aliphatic hydroxyl groups is 1. The summed E-state index contributed by atoms with van der Waals surface area (Å²) in [4.78, 5) is 26.2. The third kappa shape index (κ3) is 5.68. The van der Waals surface area contributed by atoms with Gasteiger partial charge in [0.25, 0.3) is 0 Å². The molecule has 0 bridgehead atoms. The van der Waals surface area contributed by atoms with Gasteiger partial charge in [-0.05, 0) is 33.1 Å². The van der Waals surface area contributed by atoms with Crippen molar-refractivity contribution < 1.29 is 24.2 Å². The number of carbonyl (C=O) groups is 2. The monoisotopic (exact) mass is 329 g/mol. The molecule has 1 amide bonds. The summed E-state index contributed by atoms with van der Waals surface area (Å²) in [5.41, 5.74) is -0.655. The topological polar surface area (TPSA) is 76.1 Å². The van der Waals surface area contributed by atoms with Crippen molar-refractivity contribution in [3.63, 3.8) is 0 Å². The zero-order chi connectivity index (χ0) is 17.8. The second kappa shape index (κ2) is 7.99. The Bertz CT molecular complexity index is 416. The van der Waals surface area contributed by atoms with Crippen LogP contribution in [-0.2, 0) is 14.3 Å². The van der Waals surface area contributed by atoms with Gasteiger partial charge in [0.15, 0.2) is 0 Å². The van der Waals surface area contributed by atoms with Crippen molar-refractivity contribution in [3.05, 3.63) is 0 Å². The first-order valence-electron chi connectivity index (χ1n) is 8.41. The minimum Gasteiger partial charge on any atom is -0.464 e. The summed E-state index contributed by atoms with van der Waals surface area (Å²) in [7, 11) is 0. The van der Waals surface area contributed by atoms with Crippen LogP contribution < -0.4 is 0 Å². The minimum absolute atomic E-state index is 0.0982. The first kappa shape index (κ1) is 19.7. The molecule has 3 atom stereocenters. The molecule has 1 rings (SSSR count). The molecule has 1 saturated heterocycles. The van der Waals surface area contributed by atoms with Gasteiger partial charge in [-0.25, -0.2) is 9.59 Å². The predicted molar refractivity (Wildman–Crippen MR) is 86.9 cm³/mol. The first-order valence-corrected chi connectivity index (χ1v) is 8.41. The number of carbonyl (C=O) groups excluding carboxylic acids is 2. The van der Waals surface area contributed by atoms with Crippen LogP contribution in [0.2, 0.25) is 0 Å². The second-order valence-electron chi connectivity index (χ2n) is 7.62. The van der Waals surface area contributed by atoms with Gasteiger partial charge in [-0.2, -0.15) is 0 Å². The van der Waals surface area contributed by atoms with E-state index in [0.29, 0.717) is 13.0 Å². The highest BCUT2D eigenvalue weighted by atomic mass is 16.6. The van der Waals surface area contributed by atoms with Crippen LogP contribution in [0.4, 0.5) is 4.79 Å². The number of nitrogens with zero attached hydrogens (tertiary/aromatic N) is 1. The van der Waals surface area contributed by atoms with Crippen molar-refractivity contribution in [3.8, 4) is 0 Å². The Morgan fingerprint density at radius 1 is 1.30 bits per heavy atom. The summed E-state index contributed by atoms with van der Waals surface area (Å²) in [5, 5.41) is 10.3. The number of β-amino-alcohol motifs (C(OH)–C–C–N with tert-alkyl or cyclic N) is 1. The Morgan fingerprint density at radius 2 is 1.91 bits per heavy atom. The highest BCUT2D eigenvalue weighted by Gasteiger charge is 2.48. The average molecular weight is 329 g/mol. The van der Waals surface area contributed by atoms with Crippen molar-refractivity contribution in [1.29, 1.82) is 0 Å². The van der Waals surface area contributed by atoms with Crippen LogP contribution in [0, 0.1) is 11.8 Å². The van der Waals surface area contributed by atoms with E-state index < -0.39 is 29.8 Å². The van der Waals surface area contributed by atoms with Crippen molar-refractivity contribution in [2.75, 3.05) is 13.2 Å². The van der Waals surface area contributed by atoms with Gasteiger partial charge >= 0.3 is 12.1 Å². The molecule has 0 unspecified atom stereocenters. The molecule has 0 spiro atoms. The van der Waals surface area contributed by atoms with Gasteiger partial charge in [0, 0.05) is 5.92 Å². The third-order valence-electron chi connectivity index (χ3n) is 3.67. The van der Waals surface area contributed by atoms with E-state index in [0.717, 1.165) is 6.42 Å². The van der Waals surface area contributed by atoms with Crippen molar-refractivity contribution in [1.82, 2.24) is 4.90 Å². The average Bonchev–Trinajstić information content (AvgIpc) is 2.72. The molecule has 1 aliphatic heterocycles. The fourth-order valence-electron chi connectivity index (χ4n) is 2.72. The highest BCUT2D eigenvalue weighted by molar-refractivity contribution is 5.83. The maximum absolute atomic E-state index is 12.5. The predicted octanol–water partition coefficient (Wildman–Crippen LogP) is 2.58. The molecule has 1 aliphatic rings. The molecule has 0 radical (unpaired) electrons. The Balaban J connectivity index is 2.93. The number of hydrogen-bond donors (Lipinski definition) is 1. The van der Waals surface area contributed by atoms with E-state index in [9.17, 15) is 14.7 Å². The van der Waals surface area contributed by atoms with Crippen molar-refractivity contribution in [2.45, 2.75) is 72.1 Å². The standard InChI is InChI=1S/C17H31NO5/c1-7-8-12-13(19)9-18(16(21)23-17(4,5)6)14(12)15(20)22-10-11(2)3/h11-14,19H,7-10H2,1-6H3/t12-,13+,14+/m1/s1. The molecule has 1 fully saturated rings. The first-order chi connectivity index (χ1) is 10.6. The smallest absolute Gasteiger partial charge is 0.411 e. The van der Waals surface area contributed by atoms with E-state index in [1.54, 1.807) is 20.8 Å². The lowest BCUT2D eigenvalue weighted by Gasteiger charge is -2.29. The molecule has 6 nitrogen and oxygen atoms in total.